The third kappa shape index (κ3) is 2.59. The van der Waals surface area contributed by atoms with Gasteiger partial charge in [-0.3, -0.25) is 4.90 Å². The van der Waals surface area contributed by atoms with Crippen molar-refractivity contribution >= 4 is 16.5 Å². The Morgan fingerprint density at radius 1 is 1.35 bits per heavy atom. The van der Waals surface area contributed by atoms with Crippen LogP contribution in [0.1, 0.15) is 49.7 Å². The third-order valence-corrected chi connectivity index (χ3v) is 5.94. The molecule has 0 aromatic carbocycles. The molecule has 5 heteroatoms. The summed E-state index contributed by atoms with van der Waals surface area (Å²) in [5.74, 6) is 0. The van der Waals surface area contributed by atoms with E-state index in [-0.39, 0.29) is 6.04 Å². The fraction of sp³-hybridized carbons (Fsp3) is 0.800. The summed E-state index contributed by atoms with van der Waals surface area (Å²) in [6.45, 7) is 9.08. The SMILES string of the molecule is CCN(CC)C1CCN(c2nc3c(s2)CCCC3N)C1. The molecule has 1 saturated heterocycles. The van der Waals surface area contributed by atoms with Crippen LogP contribution in [0.2, 0.25) is 0 Å². The molecule has 2 N–H and O–H groups in total. The number of nitrogens with two attached hydrogens (primary N) is 1. The van der Waals surface area contributed by atoms with Crippen molar-refractivity contribution in [2.24, 2.45) is 5.73 Å². The fourth-order valence-electron chi connectivity index (χ4n) is 3.53. The summed E-state index contributed by atoms with van der Waals surface area (Å²) in [4.78, 5) is 11.3. The molecule has 1 aliphatic carbocycles. The van der Waals surface area contributed by atoms with Crippen molar-refractivity contribution in [1.29, 1.82) is 0 Å². The zero-order valence-electron chi connectivity index (χ0n) is 12.6. The van der Waals surface area contributed by atoms with Gasteiger partial charge in [-0.05, 0) is 38.8 Å². The monoisotopic (exact) mass is 294 g/mol. The van der Waals surface area contributed by atoms with E-state index in [4.69, 9.17) is 10.7 Å². The van der Waals surface area contributed by atoms with Crippen molar-refractivity contribution < 1.29 is 0 Å². The minimum absolute atomic E-state index is 0.171. The van der Waals surface area contributed by atoms with Crippen LogP contribution in [0.25, 0.3) is 0 Å². The largest absolute Gasteiger partial charge is 0.346 e. The maximum atomic E-state index is 6.19. The molecular formula is C15H26N4S. The van der Waals surface area contributed by atoms with Gasteiger partial charge in [0.25, 0.3) is 0 Å². The predicted molar refractivity (Wildman–Crippen MR) is 85.5 cm³/mol. The molecule has 20 heavy (non-hydrogen) atoms. The van der Waals surface area contributed by atoms with E-state index in [9.17, 15) is 0 Å². The van der Waals surface area contributed by atoms with Gasteiger partial charge in [0.1, 0.15) is 0 Å². The maximum Gasteiger partial charge on any atom is 0.185 e. The van der Waals surface area contributed by atoms with E-state index in [1.54, 1.807) is 0 Å². The molecule has 4 nitrogen and oxygen atoms in total. The van der Waals surface area contributed by atoms with Gasteiger partial charge in [-0.25, -0.2) is 4.98 Å². The summed E-state index contributed by atoms with van der Waals surface area (Å²) < 4.78 is 0. The van der Waals surface area contributed by atoms with Gasteiger partial charge in [-0.15, -0.1) is 11.3 Å². The zero-order chi connectivity index (χ0) is 14.1. The Morgan fingerprint density at radius 3 is 2.85 bits per heavy atom. The Balaban J connectivity index is 1.72. The first-order valence-corrected chi connectivity index (χ1v) is 8.78. The van der Waals surface area contributed by atoms with Crippen LogP contribution in [0.5, 0.6) is 0 Å². The second-order valence-electron chi connectivity index (χ2n) is 5.91. The number of thiazole rings is 1. The zero-order valence-corrected chi connectivity index (χ0v) is 13.5. The molecule has 1 aliphatic heterocycles. The summed E-state index contributed by atoms with van der Waals surface area (Å²) in [6.07, 6.45) is 4.75. The third-order valence-electron chi connectivity index (χ3n) is 4.75. The topological polar surface area (TPSA) is 45.4 Å². The summed E-state index contributed by atoms with van der Waals surface area (Å²) in [5, 5.41) is 1.21. The lowest BCUT2D eigenvalue weighted by Crippen LogP contribution is -2.37. The molecule has 0 amide bonds. The quantitative estimate of drug-likeness (QED) is 0.926. The Morgan fingerprint density at radius 2 is 2.15 bits per heavy atom. The molecule has 1 aromatic rings. The molecule has 0 saturated carbocycles. The molecule has 2 unspecified atom stereocenters. The van der Waals surface area contributed by atoms with Crippen LogP contribution >= 0.6 is 11.3 Å². The highest BCUT2D eigenvalue weighted by Gasteiger charge is 2.30. The Labute approximate surface area is 126 Å². The van der Waals surface area contributed by atoms with E-state index in [0.717, 1.165) is 32.6 Å². The smallest absolute Gasteiger partial charge is 0.185 e. The maximum absolute atomic E-state index is 6.19. The van der Waals surface area contributed by atoms with Gasteiger partial charge in [0.05, 0.1) is 5.69 Å². The summed E-state index contributed by atoms with van der Waals surface area (Å²) >= 11 is 1.88. The lowest BCUT2D eigenvalue weighted by Gasteiger charge is -2.25. The highest BCUT2D eigenvalue weighted by molar-refractivity contribution is 7.15. The standard InChI is InChI=1S/C15H26N4S/c1-3-18(4-2)11-8-9-19(10-11)15-17-14-12(16)6-5-7-13(14)20-15/h11-12H,3-10,16H2,1-2H3. The number of likely N-dealkylation sites (N-methyl/N-ethyl adjacent to an activating group) is 1. The van der Waals surface area contributed by atoms with Crippen molar-refractivity contribution in [1.82, 2.24) is 9.88 Å². The molecule has 2 aliphatic rings. The molecule has 0 radical (unpaired) electrons. The molecule has 2 heterocycles. The second kappa shape index (κ2) is 6.00. The molecule has 112 valence electrons. The summed E-state index contributed by atoms with van der Waals surface area (Å²) in [5.41, 5.74) is 7.38. The van der Waals surface area contributed by atoms with E-state index in [0.29, 0.717) is 6.04 Å². The lowest BCUT2D eigenvalue weighted by atomic mass is 9.99. The van der Waals surface area contributed by atoms with Gasteiger partial charge in [0.2, 0.25) is 0 Å². The van der Waals surface area contributed by atoms with E-state index in [1.807, 2.05) is 11.3 Å². The second-order valence-corrected chi connectivity index (χ2v) is 6.98. The van der Waals surface area contributed by atoms with Gasteiger partial charge in [0.15, 0.2) is 5.13 Å². The highest BCUT2D eigenvalue weighted by Crippen LogP contribution is 2.36. The molecule has 3 rings (SSSR count). The van der Waals surface area contributed by atoms with Crippen LogP contribution in [0.4, 0.5) is 5.13 Å². The van der Waals surface area contributed by atoms with Gasteiger partial charge in [-0.2, -0.15) is 0 Å². The first-order valence-electron chi connectivity index (χ1n) is 7.97. The first kappa shape index (κ1) is 14.3. The molecule has 0 spiro atoms. The number of fused-ring (bicyclic) bond motifs is 1. The molecule has 1 aromatic heterocycles. The van der Waals surface area contributed by atoms with Crippen LogP contribution in [-0.2, 0) is 6.42 Å². The van der Waals surface area contributed by atoms with E-state index in [2.05, 4.69) is 23.6 Å². The number of hydrogen-bond acceptors (Lipinski definition) is 5. The minimum Gasteiger partial charge on any atom is -0.346 e. The minimum atomic E-state index is 0.171. The number of rotatable bonds is 4. The molecule has 1 fully saturated rings. The van der Waals surface area contributed by atoms with Crippen LogP contribution in [-0.4, -0.2) is 42.1 Å². The lowest BCUT2D eigenvalue weighted by molar-refractivity contribution is 0.232. The normalized spacial score (nSPS) is 26.3. The van der Waals surface area contributed by atoms with Crippen LogP contribution < -0.4 is 10.6 Å². The predicted octanol–water partition coefficient (Wildman–Crippen LogP) is 2.40. The van der Waals surface area contributed by atoms with Crippen LogP contribution in [0.3, 0.4) is 0 Å². The van der Waals surface area contributed by atoms with E-state index in [1.165, 1.54) is 35.0 Å². The first-order chi connectivity index (χ1) is 9.72. The van der Waals surface area contributed by atoms with Crippen molar-refractivity contribution in [2.45, 2.75) is 51.6 Å². The number of nitrogens with zero attached hydrogens (tertiary/aromatic N) is 3. The average molecular weight is 294 g/mol. The van der Waals surface area contributed by atoms with Gasteiger partial charge in [-0.1, -0.05) is 13.8 Å². The number of aromatic nitrogens is 1. The van der Waals surface area contributed by atoms with Crippen molar-refractivity contribution in [2.75, 3.05) is 31.1 Å². The molecule has 2 atom stereocenters. The van der Waals surface area contributed by atoms with Crippen LogP contribution in [0.15, 0.2) is 0 Å². The van der Waals surface area contributed by atoms with Crippen molar-refractivity contribution in [3.8, 4) is 0 Å². The summed E-state index contributed by atoms with van der Waals surface area (Å²) in [7, 11) is 0. The van der Waals surface area contributed by atoms with Gasteiger partial charge >= 0.3 is 0 Å². The Kier molecular flexibility index (Phi) is 4.29. The highest BCUT2D eigenvalue weighted by atomic mass is 32.1. The van der Waals surface area contributed by atoms with Gasteiger partial charge < -0.3 is 10.6 Å². The number of hydrogen-bond donors (Lipinski definition) is 1. The van der Waals surface area contributed by atoms with E-state index >= 15 is 0 Å². The van der Waals surface area contributed by atoms with Crippen molar-refractivity contribution in [3.63, 3.8) is 0 Å². The van der Waals surface area contributed by atoms with E-state index < -0.39 is 0 Å². The molecule has 0 bridgehead atoms. The molecular weight excluding hydrogens is 268 g/mol. The Bertz CT molecular complexity index is 455. The van der Waals surface area contributed by atoms with Gasteiger partial charge in [0, 0.05) is 30.1 Å². The number of aryl methyl sites for hydroxylation is 1. The van der Waals surface area contributed by atoms with Crippen molar-refractivity contribution in [3.05, 3.63) is 10.6 Å². The Hall–Kier alpha value is -0.650. The van der Waals surface area contributed by atoms with Crippen LogP contribution in [0, 0.1) is 0 Å². The summed E-state index contributed by atoms with van der Waals surface area (Å²) in [6, 6.07) is 0.865. The average Bonchev–Trinajstić information content (AvgIpc) is 3.07. The fourth-order valence-corrected chi connectivity index (χ4v) is 4.73. The number of anilines is 1.